The van der Waals surface area contributed by atoms with Gasteiger partial charge in [0.2, 0.25) is 11.1 Å². The Morgan fingerprint density at radius 1 is 0.926 bits per heavy atom. The standard InChI is InChI=1S/C21H13N3O3/c25-19-14-3-1-2-4-18(14)27-20-16(19)11-15-17(23-20)7-10-24(21(15)26)12-13-5-8-22-9-6-13/h1-11H,12H2. The van der Waals surface area contributed by atoms with Gasteiger partial charge < -0.3 is 8.98 Å². The molecule has 5 aromatic rings. The molecule has 0 unspecified atom stereocenters. The van der Waals surface area contributed by atoms with Crippen molar-refractivity contribution in [3.8, 4) is 0 Å². The van der Waals surface area contributed by atoms with Crippen LogP contribution in [0.25, 0.3) is 33.0 Å². The molecule has 0 aliphatic heterocycles. The van der Waals surface area contributed by atoms with Gasteiger partial charge in [0.15, 0.2) is 0 Å². The number of benzene rings is 1. The van der Waals surface area contributed by atoms with Crippen LogP contribution in [0.3, 0.4) is 0 Å². The average Bonchev–Trinajstić information content (AvgIpc) is 2.70. The highest BCUT2D eigenvalue weighted by molar-refractivity contribution is 5.94. The van der Waals surface area contributed by atoms with Gasteiger partial charge in [-0.05, 0) is 42.0 Å². The molecular weight excluding hydrogens is 342 g/mol. The minimum atomic E-state index is -0.203. The Balaban J connectivity index is 1.77. The quantitative estimate of drug-likeness (QED) is 0.455. The molecule has 0 aliphatic carbocycles. The minimum Gasteiger partial charge on any atom is -0.437 e. The van der Waals surface area contributed by atoms with E-state index in [1.807, 2.05) is 12.1 Å². The normalized spacial score (nSPS) is 11.4. The molecule has 4 aromatic heterocycles. The third-order valence-electron chi connectivity index (χ3n) is 4.61. The van der Waals surface area contributed by atoms with Crippen LogP contribution in [0.15, 0.2) is 81.1 Å². The molecular formula is C21H13N3O3. The van der Waals surface area contributed by atoms with Gasteiger partial charge in [0.1, 0.15) is 5.58 Å². The van der Waals surface area contributed by atoms with Crippen molar-refractivity contribution in [1.29, 1.82) is 0 Å². The van der Waals surface area contributed by atoms with E-state index in [4.69, 9.17) is 4.42 Å². The van der Waals surface area contributed by atoms with Crippen LogP contribution in [0.1, 0.15) is 5.56 Å². The van der Waals surface area contributed by atoms with Crippen molar-refractivity contribution in [3.05, 3.63) is 93.3 Å². The largest absolute Gasteiger partial charge is 0.437 e. The van der Waals surface area contributed by atoms with Crippen LogP contribution < -0.4 is 11.0 Å². The first-order valence-electron chi connectivity index (χ1n) is 8.45. The predicted molar refractivity (Wildman–Crippen MR) is 103 cm³/mol. The summed E-state index contributed by atoms with van der Waals surface area (Å²) in [7, 11) is 0. The van der Waals surface area contributed by atoms with Crippen molar-refractivity contribution in [3.63, 3.8) is 0 Å². The van der Waals surface area contributed by atoms with Crippen molar-refractivity contribution in [2.24, 2.45) is 0 Å². The molecule has 0 amide bonds. The number of rotatable bonds is 2. The van der Waals surface area contributed by atoms with Gasteiger partial charge in [-0.15, -0.1) is 0 Å². The molecule has 1 aromatic carbocycles. The van der Waals surface area contributed by atoms with Crippen LogP contribution in [0, 0.1) is 0 Å². The van der Waals surface area contributed by atoms with Crippen molar-refractivity contribution < 1.29 is 4.42 Å². The van der Waals surface area contributed by atoms with Crippen LogP contribution in [0.5, 0.6) is 0 Å². The first-order valence-corrected chi connectivity index (χ1v) is 8.45. The molecule has 5 rings (SSSR count). The molecule has 0 saturated heterocycles. The molecule has 0 spiro atoms. The summed E-state index contributed by atoms with van der Waals surface area (Å²) < 4.78 is 7.37. The summed E-state index contributed by atoms with van der Waals surface area (Å²) in [6, 6.07) is 14.1. The summed E-state index contributed by atoms with van der Waals surface area (Å²) in [5, 5.41) is 1.17. The summed E-state index contributed by atoms with van der Waals surface area (Å²) >= 11 is 0. The van der Waals surface area contributed by atoms with E-state index in [1.54, 1.807) is 59.6 Å². The van der Waals surface area contributed by atoms with Gasteiger partial charge in [-0.25, -0.2) is 4.98 Å². The van der Waals surface area contributed by atoms with E-state index in [9.17, 15) is 9.59 Å². The van der Waals surface area contributed by atoms with Gasteiger partial charge >= 0.3 is 0 Å². The first kappa shape index (κ1) is 15.5. The zero-order chi connectivity index (χ0) is 18.4. The van der Waals surface area contributed by atoms with Gasteiger partial charge in [0.05, 0.1) is 28.2 Å². The first-order chi connectivity index (χ1) is 13.2. The Hall–Kier alpha value is -3.80. The van der Waals surface area contributed by atoms with Crippen molar-refractivity contribution in [2.45, 2.75) is 6.54 Å². The summed E-state index contributed by atoms with van der Waals surface area (Å²) in [4.78, 5) is 34.1. The monoisotopic (exact) mass is 355 g/mol. The maximum Gasteiger partial charge on any atom is 0.260 e. The Bertz CT molecular complexity index is 1440. The highest BCUT2D eigenvalue weighted by atomic mass is 16.3. The maximum absolute atomic E-state index is 12.9. The summed E-state index contributed by atoms with van der Waals surface area (Å²) in [5.74, 6) is 0. The van der Waals surface area contributed by atoms with Gasteiger partial charge in [0, 0.05) is 18.6 Å². The summed E-state index contributed by atoms with van der Waals surface area (Å²) in [5.41, 5.74) is 1.78. The molecule has 0 bridgehead atoms. The van der Waals surface area contributed by atoms with Crippen molar-refractivity contribution in [1.82, 2.24) is 14.5 Å². The zero-order valence-corrected chi connectivity index (χ0v) is 14.1. The lowest BCUT2D eigenvalue weighted by Crippen LogP contribution is -2.20. The molecule has 6 nitrogen and oxygen atoms in total. The lowest BCUT2D eigenvalue weighted by Gasteiger charge is -2.08. The molecule has 0 fully saturated rings. The summed E-state index contributed by atoms with van der Waals surface area (Å²) in [6.07, 6.45) is 5.07. The van der Waals surface area contributed by atoms with E-state index < -0.39 is 0 Å². The van der Waals surface area contributed by atoms with E-state index >= 15 is 0 Å². The molecule has 0 aliphatic rings. The smallest absolute Gasteiger partial charge is 0.260 e. The highest BCUT2D eigenvalue weighted by Crippen LogP contribution is 2.20. The van der Waals surface area contributed by atoms with Crippen LogP contribution in [0.4, 0.5) is 0 Å². The minimum absolute atomic E-state index is 0.190. The second-order valence-electron chi connectivity index (χ2n) is 6.31. The van der Waals surface area contributed by atoms with E-state index in [1.165, 1.54) is 0 Å². The maximum atomic E-state index is 12.9. The Labute approximate surface area is 152 Å². The fourth-order valence-electron chi connectivity index (χ4n) is 3.23. The van der Waals surface area contributed by atoms with E-state index in [-0.39, 0.29) is 16.7 Å². The molecule has 4 heterocycles. The number of fused-ring (bicyclic) bond motifs is 3. The van der Waals surface area contributed by atoms with Gasteiger partial charge in [-0.3, -0.25) is 14.6 Å². The third kappa shape index (κ3) is 2.50. The zero-order valence-electron chi connectivity index (χ0n) is 14.1. The highest BCUT2D eigenvalue weighted by Gasteiger charge is 2.12. The van der Waals surface area contributed by atoms with Crippen LogP contribution in [-0.4, -0.2) is 14.5 Å². The molecule has 27 heavy (non-hydrogen) atoms. The SMILES string of the molecule is O=c1c2ccccc2oc2nc3ccn(Cc4ccncc4)c(=O)c3cc12. The van der Waals surface area contributed by atoms with Gasteiger partial charge in [-0.1, -0.05) is 12.1 Å². The van der Waals surface area contributed by atoms with Gasteiger partial charge in [-0.2, -0.15) is 0 Å². The van der Waals surface area contributed by atoms with Crippen LogP contribution in [-0.2, 0) is 6.54 Å². The predicted octanol–water partition coefficient (Wildman–Crippen LogP) is 3.10. The average molecular weight is 355 g/mol. The van der Waals surface area contributed by atoms with Crippen LogP contribution in [0.2, 0.25) is 0 Å². The number of pyridine rings is 3. The Morgan fingerprint density at radius 3 is 2.59 bits per heavy atom. The van der Waals surface area contributed by atoms with Crippen molar-refractivity contribution in [2.75, 3.05) is 0 Å². The second-order valence-corrected chi connectivity index (χ2v) is 6.31. The Kier molecular flexibility index (Phi) is 3.36. The second kappa shape index (κ2) is 5.88. The van der Waals surface area contributed by atoms with Crippen LogP contribution >= 0.6 is 0 Å². The lowest BCUT2D eigenvalue weighted by molar-refractivity contribution is 0.646. The van der Waals surface area contributed by atoms with E-state index in [0.717, 1.165) is 5.56 Å². The molecule has 130 valence electrons. The number of hydrogen-bond acceptors (Lipinski definition) is 5. The number of hydrogen-bond donors (Lipinski definition) is 0. The molecule has 0 radical (unpaired) electrons. The van der Waals surface area contributed by atoms with E-state index in [2.05, 4.69) is 9.97 Å². The Morgan fingerprint density at radius 2 is 1.74 bits per heavy atom. The summed E-state index contributed by atoms with van der Waals surface area (Å²) in [6.45, 7) is 0.418. The lowest BCUT2D eigenvalue weighted by atomic mass is 10.1. The topological polar surface area (TPSA) is 78.0 Å². The molecule has 0 N–H and O–H groups in total. The van der Waals surface area contributed by atoms with E-state index in [0.29, 0.717) is 33.8 Å². The van der Waals surface area contributed by atoms with Crippen molar-refractivity contribution >= 4 is 33.0 Å². The number of aromatic nitrogens is 3. The third-order valence-corrected chi connectivity index (χ3v) is 4.61. The molecule has 6 heteroatoms. The fraction of sp³-hybridized carbons (Fsp3) is 0.0476. The molecule has 0 atom stereocenters. The number of nitrogens with zero attached hydrogens (tertiary/aromatic N) is 3. The fourth-order valence-corrected chi connectivity index (χ4v) is 3.23. The number of para-hydroxylation sites is 1. The molecule has 0 saturated carbocycles. The van der Waals surface area contributed by atoms with Gasteiger partial charge in [0.25, 0.3) is 5.56 Å².